The summed E-state index contributed by atoms with van der Waals surface area (Å²) in [4.78, 5) is 25.9. The lowest BCUT2D eigenvalue weighted by Gasteiger charge is -2.12. The molecule has 3 N–H and O–H groups in total. The number of rotatable bonds is 7. The zero-order chi connectivity index (χ0) is 29.0. The summed E-state index contributed by atoms with van der Waals surface area (Å²) < 4.78 is 40.6. The first-order chi connectivity index (χ1) is 19.7. The van der Waals surface area contributed by atoms with E-state index < -0.39 is 17.6 Å². The maximum atomic E-state index is 13.2. The number of benzene rings is 3. The largest absolute Gasteiger partial charge is 0.507 e. The molecule has 1 fully saturated rings. The molecule has 0 radical (unpaired) electrons. The van der Waals surface area contributed by atoms with Gasteiger partial charge in [0, 0.05) is 29.3 Å². The first-order valence-electron chi connectivity index (χ1n) is 13.4. The zero-order valence-corrected chi connectivity index (χ0v) is 22.1. The summed E-state index contributed by atoms with van der Waals surface area (Å²) >= 11 is 0. The van der Waals surface area contributed by atoms with Crippen LogP contribution in [0.1, 0.15) is 58.8 Å². The van der Waals surface area contributed by atoms with Crippen molar-refractivity contribution in [3.05, 3.63) is 101 Å². The van der Waals surface area contributed by atoms with Gasteiger partial charge in [-0.2, -0.15) is 23.0 Å². The Hall–Kier alpha value is -4.60. The van der Waals surface area contributed by atoms with E-state index in [4.69, 9.17) is 0 Å². The zero-order valence-electron chi connectivity index (χ0n) is 22.1. The van der Waals surface area contributed by atoms with E-state index >= 15 is 0 Å². The van der Waals surface area contributed by atoms with Gasteiger partial charge >= 0.3 is 12.2 Å². The number of aromatic nitrogens is 2. The van der Waals surface area contributed by atoms with Crippen molar-refractivity contribution in [1.29, 1.82) is 0 Å². The number of anilines is 1. The third-order valence-electron chi connectivity index (χ3n) is 7.22. The van der Waals surface area contributed by atoms with Gasteiger partial charge in [-0.25, -0.2) is 4.79 Å². The third-order valence-corrected chi connectivity index (χ3v) is 7.22. The molecule has 0 unspecified atom stereocenters. The summed E-state index contributed by atoms with van der Waals surface area (Å²) in [6, 6.07) is 19.6. The first-order valence-corrected chi connectivity index (χ1v) is 13.4. The van der Waals surface area contributed by atoms with Crippen molar-refractivity contribution >= 4 is 17.6 Å². The number of aromatic hydroxyl groups is 1. The molecular weight excluding hydrogens is 533 g/mol. The number of carbonyl (C=O) groups excluding carboxylic acids is 2. The predicted octanol–water partition coefficient (Wildman–Crippen LogP) is 6.98. The van der Waals surface area contributed by atoms with E-state index in [9.17, 15) is 27.9 Å². The van der Waals surface area contributed by atoms with Crippen molar-refractivity contribution in [2.75, 3.05) is 11.9 Å². The van der Waals surface area contributed by atoms with Gasteiger partial charge in [-0.05, 0) is 67.3 Å². The second-order valence-electron chi connectivity index (χ2n) is 10.1. The second-order valence-corrected chi connectivity index (χ2v) is 10.1. The molecule has 0 aliphatic heterocycles. The Balaban J connectivity index is 1.38. The topological polar surface area (TPSA) is 96.2 Å². The fraction of sp³-hybridized carbons (Fsp3) is 0.258. The van der Waals surface area contributed by atoms with E-state index in [1.807, 2.05) is 30.3 Å². The maximum Gasteiger partial charge on any atom is 0.416 e. The SMILES string of the molecule is O=C(Nc1ccc(O)c(-c2cc(C3CCCC3)n(C(=O)NCCc3ccccc3)n2)c1)c1cccc(C(F)(F)F)c1. The van der Waals surface area contributed by atoms with E-state index in [0.29, 0.717) is 18.7 Å². The van der Waals surface area contributed by atoms with Crippen LogP contribution in [0.4, 0.5) is 23.7 Å². The number of hydrogen-bond acceptors (Lipinski definition) is 4. The van der Waals surface area contributed by atoms with Gasteiger partial charge in [-0.1, -0.05) is 49.2 Å². The molecular formula is C31H29F3N4O3. The molecule has 1 aliphatic rings. The predicted molar refractivity (Wildman–Crippen MR) is 149 cm³/mol. The van der Waals surface area contributed by atoms with Gasteiger partial charge in [-0.15, -0.1) is 0 Å². The van der Waals surface area contributed by atoms with Gasteiger partial charge < -0.3 is 15.7 Å². The highest BCUT2D eigenvalue weighted by Gasteiger charge is 2.31. The molecule has 0 bridgehead atoms. The first kappa shape index (κ1) is 27.9. The minimum absolute atomic E-state index is 0.117. The molecule has 3 aromatic carbocycles. The molecule has 1 aromatic heterocycles. The van der Waals surface area contributed by atoms with Crippen LogP contribution >= 0.6 is 0 Å². The quantitative estimate of drug-likeness (QED) is 0.212. The minimum Gasteiger partial charge on any atom is -0.507 e. The molecule has 0 atom stereocenters. The van der Waals surface area contributed by atoms with Crippen LogP contribution in [0.25, 0.3) is 11.3 Å². The van der Waals surface area contributed by atoms with Crippen LogP contribution in [0.3, 0.4) is 0 Å². The molecule has 1 saturated carbocycles. The monoisotopic (exact) mass is 562 g/mol. The number of alkyl halides is 3. The van der Waals surface area contributed by atoms with E-state index in [0.717, 1.165) is 49.1 Å². The summed E-state index contributed by atoms with van der Waals surface area (Å²) in [5.74, 6) is -0.709. The third kappa shape index (κ3) is 6.59. The number of hydrogen-bond donors (Lipinski definition) is 3. The highest BCUT2D eigenvalue weighted by Crippen LogP contribution is 2.38. The Labute approximate surface area is 235 Å². The van der Waals surface area contributed by atoms with Gasteiger partial charge in [0.25, 0.3) is 5.91 Å². The van der Waals surface area contributed by atoms with Crippen LogP contribution in [-0.2, 0) is 12.6 Å². The summed E-state index contributed by atoms with van der Waals surface area (Å²) in [5.41, 5.74) is 1.63. The molecule has 0 spiro atoms. The Morgan fingerprint density at radius 3 is 2.44 bits per heavy atom. The molecule has 4 aromatic rings. The molecule has 10 heteroatoms. The fourth-order valence-corrected chi connectivity index (χ4v) is 5.09. The van der Waals surface area contributed by atoms with Gasteiger partial charge in [0.1, 0.15) is 5.75 Å². The summed E-state index contributed by atoms with van der Waals surface area (Å²) in [6.45, 7) is 0.421. The Kier molecular flexibility index (Phi) is 8.09. The van der Waals surface area contributed by atoms with Crippen LogP contribution in [0.5, 0.6) is 5.75 Å². The molecule has 1 aliphatic carbocycles. The van der Waals surface area contributed by atoms with Crippen LogP contribution in [0.2, 0.25) is 0 Å². The van der Waals surface area contributed by atoms with Gasteiger partial charge in [0.05, 0.1) is 17.0 Å². The Morgan fingerprint density at radius 2 is 1.71 bits per heavy atom. The van der Waals surface area contributed by atoms with Crippen LogP contribution in [0.15, 0.2) is 78.9 Å². The highest BCUT2D eigenvalue weighted by molar-refractivity contribution is 6.04. The molecule has 41 heavy (non-hydrogen) atoms. The standard InChI is InChI=1S/C31H29F3N4O3/c32-31(33,34)23-12-6-11-22(17-23)29(40)36-24-13-14-28(39)25(18-24)26-19-27(21-9-4-5-10-21)38(37-26)30(41)35-16-15-20-7-2-1-3-8-20/h1-3,6-8,11-14,17-19,21,39H,4-5,9-10,15-16H2,(H,35,41)(H,36,40). The van der Waals surface area contributed by atoms with Crippen LogP contribution in [-0.4, -0.2) is 33.4 Å². The second kappa shape index (κ2) is 11.9. The molecule has 1 heterocycles. The lowest BCUT2D eigenvalue weighted by atomic mass is 10.0. The smallest absolute Gasteiger partial charge is 0.416 e. The average molecular weight is 563 g/mol. The molecule has 7 nitrogen and oxygen atoms in total. The Bertz CT molecular complexity index is 1540. The number of amides is 2. The lowest BCUT2D eigenvalue weighted by Crippen LogP contribution is -2.32. The van der Waals surface area contributed by atoms with Crippen LogP contribution < -0.4 is 10.6 Å². The van der Waals surface area contributed by atoms with Crippen molar-refractivity contribution in [1.82, 2.24) is 15.1 Å². The van der Waals surface area contributed by atoms with Crippen molar-refractivity contribution in [3.8, 4) is 17.0 Å². The van der Waals surface area contributed by atoms with Gasteiger partial charge in [0.2, 0.25) is 0 Å². The van der Waals surface area contributed by atoms with Crippen molar-refractivity contribution < 1.29 is 27.9 Å². The number of halogens is 3. The lowest BCUT2D eigenvalue weighted by molar-refractivity contribution is -0.137. The molecule has 5 rings (SSSR count). The molecule has 212 valence electrons. The normalized spacial score (nSPS) is 13.7. The fourth-order valence-electron chi connectivity index (χ4n) is 5.09. The van der Waals surface area contributed by atoms with Crippen molar-refractivity contribution in [2.45, 2.75) is 44.2 Å². The molecule has 0 saturated heterocycles. The summed E-state index contributed by atoms with van der Waals surface area (Å²) in [7, 11) is 0. The van der Waals surface area contributed by atoms with E-state index in [-0.39, 0.29) is 34.5 Å². The van der Waals surface area contributed by atoms with E-state index in [1.54, 1.807) is 6.07 Å². The van der Waals surface area contributed by atoms with Crippen molar-refractivity contribution in [3.63, 3.8) is 0 Å². The van der Waals surface area contributed by atoms with Gasteiger partial charge in [0.15, 0.2) is 0 Å². The average Bonchev–Trinajstić information content (AvgIpc) is 3.65. The number of phenolic OH excluding ortho intramolecular Hbond substituents is 1. The minimum atomic E-state index is -4.58. The number of nitrogens with one attached hydrogen (secondary N) is 2. The van der Waals surface area contributed by atoms with Gasteiger partial charge in [-0.3, -0.25) is 4.79 Å². The number of carbonyl (C=O) groups is 2. The maximum absolute atomic E-state index is 13.2. The van der Waals surface area contributed by atoms with E-state index in [2.05, 4.69) is 15.7 Å². The Morgan fingerprint density at radius 1 is 0.951 bits per heavy atom. The van der Waals surface area contributed by atoms with Crippen molar-refractivity contribution in [2.24, 2.45) is 0 Å². The summed E-state index contributed by atoms with van der Waals surface area (Å²) in [5, 5.41) is 20.7. The number of phenols is 1. The van der Waals surface area contributed by atoms with Crippen LogP contribution in [0, 0.1) is 0 Å². The molecule has 2 amide bonds. The summed E-state index contributed by atoms with van der Waals surface area (Å²) in [6.07, 6.45) is 0.00871. The number of nitrogens with zero attached hydrogens (tertiary/aromatic N) is 2. The van der Waals surface area contributed by atoms with E-state index in [1.165, 1.54) is 35.0 Å². The highest BCUT2D eigenvalue weighted by atomic mass is 19.4.